The van der Waals surface area contributed by atoms with E-state index in [0.717, 1.165) is 11.3 Å². The van der Waals surface area contributed by atoms with Gasteiger partial charge in [-0.15, -0.1) is 0 Å². The lowest BCUT2D eigenvalue weighted by Crippen LogP contribution is -2.28. The minimum Gasteiger partial charge on any atom is -0.497 e. The van der Waals surface area contributed by atoms with Crippen LogP contribution in [0.1, 0.15) is 11.1 Å². The molecule has 1 amide bonds. The molecule has 6 heteroatoms. The molecule has 1 N–H and O–H groups in total. The van der Waals surface area contributed by atoms with Crippen LogP contribution in [0.2, 0.25) is 0 Å². The maximum absolute atomic E-state index is 13.0. The molecule has 0 aromatic heterocycles. The molecular weight excluding hydrogens is 313 g/mol. The number of nitrogens with one attached hydrogen (secondary N) is 1. The quantitative estimate of drug-likeness (QED) is 0.790. The molecule has 0 spiro atoms. The lowest BCUT2D eigenvalue weighted by Gasteiger charge is -2.07. The molecular formula is C18H18FNO4. The molecule has 0 saturated carbocycles. The van der Waals surface area contributed by atoms with Crippen molar-refractivity contribution in [1.29, 1.82) is 0 Å². The van der Waals surface area contributed by atoms with Gasteiger partial charge in [-0.2, -0.15) is 0 Å². The van der Waals surface area contributed by atoms with Crippen LogP contribution in [0.4, 0.5) is 4.39 Å². The van der Waals surface area contributed by atoms with Crippen LogP contribution in [0.15, 0.2) is 48.5 Å². The molecule has 5 nitrogen and oxygen atoms in total. The Morgan fingerprint density at radius 3 is 2.50 bits per heavy atom. The lowest BCUT2D eigenvalue weighted by molar-refractivity contribution is -0.147. The number of amides is 1. The maximum atomic E-state index is 13.0. The number of esters is 1. The van der Waals surface area contributed by atoms with Crippen LogP contribution in [0, 0.1) is 5.82 Å². The molecule has 24 heavy (non-hydrogen) atoms. The Kier molecular flexibility index (Phi) is 6.31. The van der Waals surface area contributed by atoms with Gasteiger partial charge in [-0.3, -0.25) is 9.59 Å². The number of carbonyl (C=O) groups excluding carboxylic acids is 2. The van der Waals surface area contributed by atoms with Gasteiger partial charge in [0.25, 0.3) is 5.91 Å². The van der Waals surface area contributed by atoms with Crippen molar-refractivity contribution < 1.29 is 23.5 Å². The van der Waals surface area contributed by atoms with E-state index in [4.69, 9.17) is 9.47 Å². The van der Waals surface area contributed by atoms with Crippen LogP contribution in [-0.4, -0.2) is 25.6 Å². The molecule has 126 valence electrons. The average Bonchev–Trinajstić information content (AvgIpc) is 2.58. The summed E-state index contributed by atoms with van der Waals surface area (Å²) in [7, 11) is 1.58. The summed E-state index contributed by atoms with van der Waals surface area (Å²) in [6, 6.07) is 12.9. The van der Waals surface area contributed by atoms with Crippen molar-refractivity contribution in [2.45, 2.75) is 13.0 Å². The smallest absolute Gasteiger partial charge is 0.310 e. The third-order valence-corrected chi connectivity index (χ3v) is 3.25. The van der Waals surface area contributed by atoms with Crippen LogP contribution >= 0.6 is 0 Å². The van der Waals surface area contributed by atoms with Crippen molar-refractivity contribution in [3.8, 4) is 5.75 Å². The maximum Gasteiger partial charge on any atom is 0.310 e. The summed E-state index contributed by atoms with van der Waals surface area (Å²) in [6.07, 6.45) is -0.0798. The van der Waals surface area contributed by atoms with E-state index in [9.17, 15) is 14.0 Å². The Bertz CT molecular complexity index is 700. The van der Waals surface area contributed by atoms with Crippen molar-refractivity contribution in [3.05, 3.63) is 65.5 Å². The third kappa shape index (κ3) is 5.72. The van der Waals surface area contributed by atoms with Gasteiger partial charge in [0, 0.05) is 6.54 Å². The minimum absolute atomic E-state index is 0.0798. The van der Waals surface area contributed by atoms with Crippen LogP contribution in [0.3, 0.4) is 0 Å². The summed E-state index contributed by atoms with van der Waals surface area (Å²) < 4.78 is 22.9. The van der Waals surface area contributed by atoms with Crippen LogP contribution in [0.25, 0.3) is 0 Å². The minimum atomic E-state index is -0.583. The van der Waals surface area contributed by atoms with Gasteiger partial charge in [0.05, 0.1) is 13.5 Å². The zero-order chi connectivity index (χ0) is 17.4. The van der Waals surface area contributed by atoms with Crippen molar-refractivity contribution in [3.63, 3.8) is 0 Å². The molecule has 0 fully saturated rings. The first-order chi connectivity index (χ1) is 11.6. The number of carbonyl (C=O) groups is 2. The van der Waals surface area contributed by atoms with E-state index in [-0.39, 0.29) is 13.0 Å². The number of methoxy groups -OCH3 is 1. The average molecular weight is 331 g/mol. The number of rotatable bonds is 7. The molecule has 2 aromatic carbocycles. The van der Waals surface area contributed by atoms with Gasteiger partial charge in [0.1, 0.15) is 11.6 Å². The number of halogens is 1. The molecule has 0 saturated heterocycles. The van der Waals surface area contributed by atoms with Crippen LogP contribution < -0.4 is 10.1 Å². The van der Waals surface area contributed by atoms with Gasteiger partial charge < -0.3 is 14.8 Å². The molecule has 2 aromatic rings. The van der Waals surface area contributed by atoms with Crippen molar-refractivity contribution in [2.75, 3.05) is 13.7 Å². The molecule has 0 unspecified atom stereocenters. The summed E-state index contributed by atoms with van der Waals surface area (Å²) in [5.41, 5.74) is 1.40. The Morgan fingerprint density at radius 2 is 1.83 bits per heavy atom. The molecule has 0 atom stereocenters. The topological polar surface area (TPSA) is 64.6 Å². The van der Waals surface area contributed by atoms with Gasteiger partial charge in [-0.05, 0) is 35.4 Å². The SMILES string of the molecule is COc1ccc(CNC(=O)COC(=O)Cc2cccc(F)c2)cc1. The number of hydrogen-bond acceptors (Lipinski definition) is 4. The lowest BCUT2D eigenvalue weighted by atomic mass is 10.1. The first-order valence-electron chi connectivity index (χ1n) is 7.36. The molecule has 0 radical (unpaired) electrons. The predicted molar refractivity (Wildman–Crippen MR) is 85.9 cm³/mol. The van der Waals surface area contributed by atoms with Crippen LogP contribution in [0.5, 0.6) is 5.75 Å². The normalized spacial score (nSPS) is 10.1. The predicted octanol–water partition coefficient (Wildman–Crippen LogP) is 2.24. The van der Waals surface area contributed by atoms with Crippen molar-refractivity contribution >= 4 is 11.9 Å². The molecule has 0 aliphatic rings. The van der Waals surface area contributed by atoms with E-state index < -0.39 is 17.7 Å². The highest BCUT2D eigenvalue weighted by Crippen LogP contribution is 2.10. The van der Waals surface area contributed by atoms with E-state index in [1.54, 1.807) is 25.3 Å². The van der Waals surface area contributed by atoms with Gasteiger partial charge >= 0.3 is 5.97 Å². The zero-order valence-electron chi connectivity index (χ0n) is 13.3. The van der Waals surface area contributed by atoms with Crippen molar-refractivity contribution in [1.82, 2.24) is 5.32 Å². The van der Waals surface area contributed by atoms with Crippen molar-refractivity contribution in [2.24, 2.45) is 0 Å². The Hall–Kier alpha value is -2.89. The number of benzene rings is 2. The van der Waals surface area contributed by atoms with Crippen LogP contribution in [-0.2, 0) is 27.3 Å². The van der Waals surface area contributed by atoms with E-state index in [1.807, 2.05) is 12.1 Å². The number of hydrogen-bond donors (Lipinski definition) is 1. The van der Waals surface area contributed by atoms with E-state index in [1.165, 1.54) is 18.2 Å². The Labute approximate surface area is 139 Å². The fourth-order valence-electron chi connectivity index (χ4n) is 2.01. The van der Waals surface area contributed by atoms with Gasteiger partial charge in [0.15, 0.2) is 6.61 Å². The highest BCUT2D eigenvalue weighted by Gasteiger charge is 2.09. The fraction of sp³-hybridized carbons (Fsp3) is 0.222. The summed E-state index contributed by atoms with van der Waals surface area (Å²) >= 11 is 0. The Balaban J connectivity index is 1.71. The largest absolute Gasteiger partial charge is 0.497 e. The second-order valence-corrected chi connectivity index (χ2v) is 5.09. The Morgan fingerprint density at radius 1 is 1.08 bits per heavy atom. The second kappa shape index (κ2) is 8.67. The molecule has 2 rings (SSSR count). The molecule has 0 heterocycles. The fourth-order valence-corrected chi connectivity index (χ4v) is 2.01. The zero-order valence-corrected chi connectivity index (χ0v) is 13.3. The molecule has 0 aliphatic carbocycles. The summed E-state index contributed by atoms with van der Waals surface area (Å²) in [4.78, 5) is 23.3. The second-order valence-electron chi connectivity index (χ2n) is 5.09. The third-order valence-electron chi connectivity index (χ3n) is 3.25. The molecule has 0 bridgehead atoms. The first-order valence-corrected chi connectivity index (χ1v) is 7.36. The summed E-state index contributed by atoms with van der Waals surface area (Å²) in [5.74, 6) is -0.674. The highest BCUT2D eigenvalue weighted by atomic mass is 19.1. The van der Waals surface area contributed by atoms with Gasteiger partial charge in [-0.25, -0.2) is 4.39 Å². The van der Waals surface area contributed by atoms with E-state index >= 15 is 0 Å². The highest BCUT2D eigenvalue weighted by molar-refractivity contribution is 5.81. The first kappa shape index (κ1) is 17.5. The standard InChI is InChI=1S/C18H18FNO4/c1-23-16-7-5-13(6-8-16)11-20-17(21)12-24-18(22)10-14-3-2-4-15(19)9-14/h2-9H,10-12H2,1H3,(H,20,21). The molecule has 0 aliphatic heterocycles. The number of ether oxygens (including phenoxy) is 2. The monoisotopic (exact) mass is 331 g/mol. The van der Waals surface area contributed by atoms with Gasteiger partial charge in [0.2, 0.25) is 0 Å². The summed E-state index contributed by atoms with van der Waals surface area (Å²) in [5, 5.41) is 2.65. The van der Waals surface area contributed by atoms with Gasteiger partial charge in [-0.1, -0.05) is 24.3 Å². The van der Waals surface area contributed by atoms with E-state index in [2.05, 4.69) is 5.32 Å². The van der Waals surface area contributed by atoms with E-state index in [0.29, 0.717) is 12.1 Å². The summed E-state index contributed by atoms with van der Waals surface area (Å²) in [6.45, 7) is -0.0470.